The van der Waals surface area contributed by atoms with Gasteiger partial charge in [0.25, 0.3) is 0 Å². The molecule has 7 nitrogen and oxygen atoms in total. The molecule has 30 heavy (non-hydrogen) atoms. The Kier molecular flexibility index (Phi) is 5.27. The van der Waals surface area contributed by atoms with Crippen molar-refractivity contribution in [3.05, 3.63) is 76.7 Å². The van der Waals surface area contributed by atoms with Crippen LogP contribution < -0.4 is 5.32 Å². The summed E-state index contributed by atoms with van der Waals surface area (Å²) in [7, 11) is 0. The molecule has 2 N–H and O–H groups in total. The first-order valence-electron chi connectivity index (χ1n) is 9.71. The number of aromatic nitrogens is 1. The molecule has 0 radical (unpaired) electrons. The lowest BCUT2D eigenvalue weighted by atomic mass is 9.98. The molecule has 1 aliphatic carbocycles. The summed E-state index contributed by atoms with van der Waals surface area (Å²) in [6.07, 6.45) is -0.697. The van der Waals surface area contributed by atoms with Crippen LogP contribution in [0.1, 0.15) is 34.1 Å². The highest BCUT2D eigenvalue weighted by atomic mass is 16.5. The number of hydrogen-bond donors (Lipinski definition) is 2. The number of alkyl carbamates (subject to hydrolysis) is 1. The number of nitrogens with one attached hydrogen (secondary N) is 1. The molecule has 4 rings (SSSR count). The molecule has 1 aliphatic rings. The van der Waals surface area contributed by atoms with Crippen LogP contribution in [-0.4, -0.2) is 35.0 Å². The van der Waals surface area contributed by atoms with E-state index in [1.807, 2.05) is 36.4 Å². The fraction of sp³-hybridized carbons (Fsp3) is 0.261. The number of hydrogen-bond acceptors (Lipinski definition) is 5. The number of carboxylic acids is 1. The van der Waals surface area contributed by atoms with Crippen LogP contribution >= 0.6 is 0 Å². The van der Waals surface area contributed by atoms with Crippen molar-refractivity contribution >= 4 is 12.1 Å². The van der Waals surface area contributed by atoms with E-state index >= 15 is 0 Å². The molecule has 0 fully saturated rings. The van der Waals surface area contributed by atoms with Crippen molar-refractivity contribution in [2.45, 2.75) is 32.2 Å². The van der Waals surface area contributed by atoms with Gasteiger partial charge < -0.3 is 19.7 Å². The lowest BCUT2D eigenvalue weighted by Gasteiger charge is -2.17. The van der Waals surface area contributed by atoms with E-state index in [4.69, 9.17) is 9.26 Å². The van der Waals surface area contributed by atoms with Gasteiger partial charge in [-0.05, 0) is 36.1 Å². The Labute approximate surface area is 173 Å². The Morgan fingerprint density at radius 1 is 1.10 bits per heavy atom. The second-order valence-electron chi connectivity index (χ2n) is 7.37. The number of carbonyl (C=O) groups is 2. The van der Waals surface area contributed by atoms with Crippen LogP contribution in [0.3, 0.4) is 0 Å². The van der Waals surface area contributed by atoms with Crippen LogP contribution in [0.25, 0.3) is 11.1 Å². The van der Waals surface area contributed by atoms with Crippen LogP contribution in [0.5, 0.6) is 0 Å². The topological polar surface area (TPSA) is 102 Å². The van der Waals surface area contributed by atoms with Crippen molar-refractivity contribution < 1.29 is 24.0 Å². The largest absolute Gasteiger partial charge is 0.480 e. The summed E-state index contributed by atoms with van der Waals surface area (Å²) in [6, 6.07) is 14.9. The molecule has 0 aliphatic heterocycles. The highest BCUT2D eigenvalue weighted by Crippen LogP contribution is 2.44. The minimum atomic E-state index is -1.15. The van der Waals surface area contributed by atoms with Crippen molar-refractivity contribution in [1.29, 1.82) is 0 Å². The standard InChI is InChI=1S/C23H22N2O5/c1-13-19(14(2)30-25-13)11-21(22(26)27)24-23(28)29-12-20-17-9-5-3-7-15(17)16-8-4-6-10-18(16)20/h3-10,20-21H,11-12H2,1-2H3,(H,24,28)(H,26,27)/t21-/m0/s1. The van der Waals surface area contributed by atoms with Gasteiger partial charge in [-0.3, -0.25) is 0 Å². The van der Waals surface area contributed by atoms with Crippen LogP contribution in [0.4, 0.5) is 4.79 Å². The van der Waals surface area contributed by atoms with E-state index in [2.05, 4.69) is 22.6 Å². The second-order valence-corrected chi connectivity index (χ2v) is 7.37. The Balaban J connectivity index is 1.45. The number of fused-ring (bicyclic) bond motifs is 3. The van der Waals surface area contributed by atoms with E-state index in [1.54, 1.807) is 13.8 Å². The van der Waals surface area contributed by atoms with Gasteiger partial charge in [0.2, 0.25) is 0 Å². The number of carboxylic acid groups (broad SMARTS) is 1. The summed E-state index contributed by atoms with van der Waals surface area (Å²) in [4.78, 5) is 24.1. The first-order valence-corrected chi connectivity index (χ1v) is 9.71. The predicted molar refractivity (Wildman–Crippen MR) is 109 cm³/mol. The summed E-state index contributed by atoms with van der Waals surface area (Å²) < 4.78 is 10.5. The fourth-order valence-corrected chi connectivity index (χ4v) is 3.98. The van der Waals surface area contributed by atoms with E-state index in [0.717, 1.165) is 22.3 Å². The van der Waals surface area contributed by atoms with Crippen LogP contribution in [0.2, 0.25) is 0 Å². The Hall–Kier alpha value is -3.61. The molecule has 1 aromatic heterocycles. The van der Waals surface area contributed by atoms with Crippen molar-refractivity contribution in [3.8, 4) is 11.1 Å². The molecule has 2 aromatic carbocycles. The summed E-state index contributed by atoms with van der Waals surface area (Å²) in [6.45, 7) is 3.57. The van der Waals surface area contributed by atoms with E-state index in [0.29, 0.717) is 17.0 Å². The normalized spacial score (nSPS) is 13.4. The highest BCUT2D eigenvalue weighted by Gasteiger charge is 2.30. The number of carbonyl (C=O) groups excluding carboxylic acids is 1. The van der Waals surface area contributed by atoms with E-state index in [9.17, 15) is 14.7 Å². The van der Waals surface area contributed by atoms with Gasteiger partial charge in [0.05, 0.1) is 5.69 Å². The molecule has 7 heteroatoms. The molecule has 0 unspecified atom stereocenters. The molecule has 1 amide bonds. The first-order chi connectivity index (χ1) is 14.5. The quantitative estimate of drug-likeness (QED) is 0.645. The second kappa shape index (κ2) is 8.02. The minimum absolute atomic E-state index is 0.0701. The molecule has 1 atom stereocenters. The number of aliphatic carboxylic acids is 1. The Morgan fingerprint density at radius 2 is 1.70 bits per heavy atom. The molecular formula is C23H22N2O5. The van der Waals surface area contributed by atoms with Crippen LogP contribution in [0.15, 0.2) is 53.1 Å². The number of benzene rings is 2. The third-order valence-electron chi connectivity index (χ3n) is 5.52. The fourth-order valence-electron chi connectivity index (χ4n) is 3.98. The zero-order valence-electron chi connectivity index (χ0n) is 16.7. The summed E-state index contributed by atoms with van der Waals surface area (Å²) in [5.41, 5.74) is 5.72. The van der Waals surface area contributed by atoms with Crippen LogP contribution in [-0.2, 0) is 16.0 Å². The van der Waals surface area contributed by atoms with Crippen molar-refractivity contribution in [2.24, 2.45) is 0 Å². The van der Waals surface area contributed by atoms with E-state index < -0.39 is 18.1 Å². The van der Waals surface area contributed by atoms with Gasteiger partial charge in [-0.25, -0.2) is 9.59 Å². The number of nitrogens with zero attached hydrogens (tertiary/aromatic N) is 1. The molecule has 0 spiro atoms. The maximum atomic E-state index is 12.4. The smallest absolute Gasteiger partial charge is 0.407 e. The molecule has 0 bridgehead atoms. The van der Waals surface area contributed by atoms with Crippen LogP contribution in [0, 0.1) is 13.8 Å². The summed E-state index contributed by atoms with van der Waals surface area (Å²) in [5, 5.41) is 15.8. The van der Waals surface area contributed by atoms with Crippen molar-refractivity contribution in [1.82, 2.24) is 10.5 Å². The predicted octanol–water partition coefficient (Wildman–Crippen LogP) is 3.83. The molecule has 3 aromatic rings. The molecular weight excluding hydrogens is 384 g/mol. The van der Waals surface area contributed by atoms with Gasteiger partial charge >= 0.3 is 12.1 Å². The van der Waals surface area contributed by atoms with E-state index in [1.165, 1.54) is 0 Å². The van der Waals surface area contributed by atoms with Gasteiger partial charge in [0, 0.05) is 17.9 Å². The SMILES string of the molecule is Cc1noc(C)c1C[C@H](NC(=O)OCC1c2ccccc2-c2ccccc21)C(=O)O. The zero-order chi connectivity index (χ0) is 21.3. The van der Waals surface area contributed by atoms with Crippen molar-refractivity contribution in [2.75, 3.05) is 6.61 Å². The lowest BCUT2D eigenvalue weighted by molar-refractivity contribution is -0.139. The number of aryl methyl sites for hydroxylation is 2. The molecule has 1 heterocycles. The van der Waals surface area contributed by atoms with Gasteiger partial charge in [-0.2, -0.15) is 0 Å². The van der Waals surface area contributed by atoms with Gasteiger partial charge in [0.1, 0.15) is 18.4 Å². The maximum Gasteiger partial charge on any atom is 0.407 e. The Bertz CT molecular complexity index is 1040. The van der Waals surface area contributed by atoms with Gasteiger partial charge in [0.15, 0.2) is 0 Å². The van der Waals surface area contributed by atoms with Gasteiger partial charge in [-0.1, -0.05) is 53.7 Å². The first kappa shape index (κ1) is 19.7. The minimum Gasteiger partial charge on any atom is -0.480 e. The van der Waals surface area contributed by atoms with Crippen molar-refractivity contribution in [3.63, 3.8) is 0 Å². The Morgan fingerprint density at radius 3 is 2.23 bits per heavy atom. The number of ether oxygens (including phenoxy) is 1. The van der Waals surface area contributed by atoms with E-state index in [-0.39, 0.29) is 18.9 Å². The molecule has 0 saturated heterocycles. The number of amides is 1. The maximum absolute atomic E-state index is 12.4. The summed E-state index contributed by atoms with van der Waals surface area (Å²) >= 11 is 0. The summed E-state index contributed by atoms with van der Waals surface area (Å²) in [5.74, 6) is -0.703. The molecule has 154 valence electrons. The lowest BCUT2D eigenvalue weighted by Crippen LogP contribution is -2.43. The average Bonchev–Trinajstić information content (AvgIpc) is 3.23. The number of rotatable bonds is 6. The monoisotopic (exact) mass is 406 g/mol. The average molecular weight is 406 g/mol. The highest BCUT2D eigenvalue weighted by molar-refractivity contribution is 5.81. The van der Waals surface area contributed by atoms with Gasteiger partial charge in [-0.15, -0.1) is 0 Å². The third kappa shape index (κ3) is 3.66. The molecule has 0 saturated carbocycles. The third-order valence-corrected chi connectivity index (χ3v) is 5.52. The zero-order valence-corrected chi connectivity index (χ0v) is 16.7.